The van der Waals surface area contributed by atoms with Crippen molar-refractivity contribution in [1.82, 2.24) is 0 Å². The van der Waals surface area contributed by atoms with Crippen molar-refractivity contribution in [2.75, 3.05) is 0 Å². The number of hydrogen-bond donors (Lipinski definition) is 0. The lowest BCUT2D eigenvalue weighted by atomic mass is 9.80. The van der Waals surface area contributed by atoms with E-state index in [1.54, 1.807) is 0 Å². The number of rotatable bonds is 2. The van der Waals surface area contributed by atoms with Crippen molar-refractivity contribution in [3.63, 3.8) is 0 Å². The molecule has 2 aromatic heterocycles. The van der Waals surface area contributed by atoms with E-state index in [4.69, 9.17) is 0 Å². The van der Waals surface area contributed by atoms with E-state index in [0.717, 1.165) is 0 Å². The first-order valence-electron chi connectivity index (χ1n) is 18.4. The predicted octanol–water partition coefficient (Wildman–Crippen LogP) is 15.5. The van der Waals surface area contributed by atoms with Crippen molar-refractivity contribution in [2.24, 2.45) is 0 Å². The molecule has 12 rings (SSSR count). The predicted molar refractivity (Wildman–Crippen MR) is 233 cm³/mol. The van der Waals surface area contributed by atoms with E-state index < -0.39 is 0 Å². The van der Waals surface area contributed by atoms with Crippen LogP contribution in [0.1, 0.15) is 25.0 Å². The molecule has 53 heavy (non-hydrogen) atoms. The number of benzene rings is 9. The molecule has 2 heteroatoms. The lowest BCUT2D eigenvalue weighted by molar-refractivity contribution is 0.660. The van der Waals surface area contributed by atoms with Gasteiger partial charge in [-0.05, 0) is 101 Å². The molecule has 248 valence electrons. The van der Waals surface area contributed by atoms with Crippen molar-refractivity contribution >= 4 is 95.3 Å². The molecule has 0 saturated carbocycles. The SMILES string of the molecule is CC1(C)c2ccccc2-c2ccc(-c3c4ccccc4c(-c4ccc5c(c4)sc4ccc6sc7c8ccccc8ccc7c6c45)c4ccccc34)cc21. The zero-order valence-electron chi connectivity index (χ0n) is 29.3. The average Bonchev–Trinajstić information content (AvgIpc) is 3.84. The van der Waals surface area contributed by atoms with Crippen molar-refractivity contribution in [2.45, 2.75) is 19.3 Å². The van der Waals surface area contributed by atoms with Gasteiger partial charge in [0.15, 0.2) is 0 Å². The van der Waals surface area contributed by atoms with Crippen molar-refractivity contribution in [1.29, 1.82) is 0 Å². The summed E-state index contributed by atoms with van der Waals surface area (Å²) in [6.45, 7) is 4.75. The third-order valence-electron chi connectivity index (χ3n) is 12.1. The van der Waals surface area contributed by atoms with Gasteiger partial charge >= 0.3 is 0 Å². The van der Waals surface area contributed by atoms with Crippen LogP contribution in [-0.4, -0.2) is 0 Å². The summed E-state index contributed by atoms with van der Waals surface area (Å²) in [7, 11) is 0. The summed E-state index contributed by atoms with van der Waals surface area (Å²) in [5, 5.41) is 13.3. The molecule has 0 nitrogen and oxygen atoms in total. The molecule has 0 unspecified atom stereocenters. The van der Waals surface area contributed by atoms with E-state index >= 15 is 0 Å². The van der Waals surface area contributed by atoms with Crippen LogP contribution in [-0.2, 0) is 5.41 Å². The van der Waals surface area contributed by atoms with E-state index in [-0.39, 0.29) is 5.41 Å². The Kier molecular flexibility index (Phi) is 5.97. The minimum atomic E-state index is -0.0538. The quantitative estimate of drug-likeness (QED) is 0.157. The smallest absolute Gasteiger partial charge is 0.0434 e. The first kappa shape index (κ1) is 29.7. The van der Waals surface area contributed by atoms with Crippen LogP contribution in [0.15, 0.2) is 158 Å². The Hall–Kier alpha value is -5.80. The highest BCUT2D eigenvalue weighted by Crippen LogP contribution is 2.52. The third-order valence-corrected chi connectivity index (χ3v) is 14.4. The zero-order chi connectivity index (χ0) is 35.0. The first-order chi connectivity index (χ1) is 26.0. The van der Waals surface area contributed by atoms with Gasteiger partial charge in [0, 0.05) is 45.8 Å². The fourth-order valence-corrected chi connectivity index (χ4v) is 12.0. The largest absolute Gasteiger partial charge is 0.135 e. The van der Waals surface area contributed by atoms with Gasteiger partial charge in [-0.1, -0.05) is 147 Å². The number of thiophene rings is 2. The van der Waals surface area contributed by atoms with Gasteiger partial charge < -0.3 is 0 Å². The molecule has 0 atom stereocenters. The van der Waals surface area contributed by atoms with Crippen LogP contribution in [0.3, 0.4) is 0 Å². The van der Waals surface area contributed by atoms with Crippen molar-refractivity contribution in [3.05, 3.63) is 169 Å². The fourth-order valence-electron chi connectivity index (χ4n) is 9.63. The molecule has 2 heterocycles. The Morgan fingerprint density at radius 1 is 0.377 bits per heavy atom. The van der Waals surface area contributed by atoms with Crippen LogP contribution in [0, 0.1) is 0 Å². The lowest BCUT2D eigenvalue weighted by Gasteiger charge is -2.23. The van der Waals surface area contributed by atoms with Gasteiger partial charge in [-0.3, -0.25) is 0 Å². The van der Waals surface area contributed by atoms with Gasteiger partial charge in [0.2, 0.25) is 0 Å². The molecule has 1 aliphatic rings. The second-order valence-corrected chi connectivity index (χ2v) is 17.3. The standard InChI is InChI=1S/C51H32S2/c1-51(2)41-18-10-9-13-33(41)34-22-20-30(27-42(34)51)46-35-14-5-7-16-37(35)47(38-17-8-6-15-36(38)46)31-21-23-39-45(28-31)52-43-25-26-44-49(48(39)43)40-24-19-29-11-3-4-12-32(29)50(40)53-44/h3-28H,1-2H3. The van der Waals surface area contributed by atoms with Gasteiger partial charge in [0.1, 0.15) is 0 Å². The molecule has 11 aromatic rings. The highest BCUT2D eigenvalue weighted by atomic mass is 32.1. The highest BCUT2D eigenvalue weighted by molar-refractivity contribution is 7.28. The van der Waals surface area contributed by atoms with E-state index in [1.807, 2.05) is 22.7 Å². The third kappa shape index (κ3) is 4.00. The average molecular weight is 709 g/mol. The maximum Gasteiger partial charge on any atom is 0.0434 e. The minimum absolute atomic E-state index is 0.0538. The van der Waals surface area contributed by atoms with Crippen LogP contribution in [0.2, 0.25) is 0 Å². The zero-order valence-corrected chi connectivity index (χ0v) is 31.0. The van der Waals surface area contributed by atoms with Crippen LogP contribution in [0.5, 0.6) is 0 Å². The summed E-state index contributed by atoms with van der Waals surface area (Å²) in [6.07, 6.45) is 0. The molecular formula is C51H32S2. The summed E-state index contributed by atoms with van der Waals surface area (Å²) >= 11 is 3.85. The van der Waals surface area contributed by atoms with E-state index in [0.29, 0.717) is 0 Å². The molecule has 1 aliphatic carbocycles. The first-order valence-corrected chi connectivity index (χ1v) is 20.1. The van der Waals surface area contributed by atoms with E-state index in [1.165, 1.54) is 117 Å². The van der Waals surface area contributed by atoms with E-state index in [2.05, 4.69) is 172 Å². The van der Waals surface area contributed by atoms with Gasteiger partial charge in [-0.2, -0.15) is 0 Å². The molecule has 0 radical (unpaired) electrons. The van der Waals surface area contributed by atoms with Crippen LogP contribution in [0.25, 0.3) is 106 Å². The van der Waals surface area contributed by atoms with Gasteiger partial charge in [-0.15, -0.1) is 22.7 Å². The van der Waals surface area contributed by atoms with E-state index in [9.17, 15) is 0 Å². The molecule has 0 aliphatic heterocycles. The Balaban J connectivity index is 1.09. The molecule has 9 aromatic carbocycles. The van der Waals surface area contributed by atoms with Gasteiger partial charge in [0.25, 0.3) is 0 Å². The molecule has 0 N–H and O–H groups in total. The highest BCUT2D eigenvalue weighted by Gasteiger charge is 2.35. The van der Waals surface area contributed by atoms with Crippen LogP contribution >= 0.6 is 22.7 Å². The van der Waals surface area contributed by atoms with Crippen LogP contribution < -0.4 is 0 Å². The number of hydrogen-bond acceptors (Lipinski definition) is 2. The van der Waals surface area contributed by atoms with Crippen molar-refractivity contribution < 1.29 is 0 Å². The Labute approximate surface area is 315 Å². The number of fused-ring (bicyclic) bond motifs is 14. The summed E-state index contributed by atoms with van der Waals surface area (Å²) in [5.41, 5.74) is 10.7. The summed E-state index contributed by atoms with van der Waals surface area (Å²) in [5.74, 6) is 0. The molecule has 0 spiro atoms. The molecule has 0 amide bonds. The molecular weight excluding hydrogens is 677 g/mol. The normalized spacial score (nSPS) is 13.6. The molecule has 0 saturated heterocycles. The Bertz CT molecular complexity index is 3310. The Morgan fingerprint density at radius 3 is 1.66 bits per heavy atom. The molecule has 0 bridgehead atoms. The summed E-state index contributed by atoms with van der Waals surface area (Å²) < 4.78 is 5.43. The maximum absolute atomic E-state index is 2.48. The fraction of sp³-hybridized carbons (Fsp3) is 0.0588. The van der Waals surface area contributed by atoms with Gasteiger partial charge in [-0.25, -0.2) is 0 Å². The van der Waals surface area contributed by atoms with Crippen molar-refractivity contribution in [3.8, 4) is 33.4 Å². The summed E-state index contributed by atoms with van der Waals surface area (Å²) in [6, 6.07) is 59.6. The van der Waals surface area contributed by atoms with Crippen LogP contribution in [0.4, 0.5) is 0 Å². The lowest BCUT2D eigenvalue weighted by Crippen LogP contribution is -2.14. The second-order valence-electron chi connectivity index (χ2n) is 15.2. The topological polar surface area (TPSA) is 0 Å². The monoisotopic (exact) mass is 708 g/mol. The Morgan fingerprint density at radius 2 is 0.925 bits per heavy atom. The minimum Gasteiger partial charge on any atom is -0.135 e. The maximum atomic E-state index is 2.48. The van der Waals surface area contributed by atoms with Gasteiger partial charge in [0.05, 0.1) is 0 Å². The molecule has 0 fully saturated rings. The summed E-state index contributed by atoms with van der Waals surface area (Å²) in [4.78, 5) is 0. The second kappa shape index (κ2) is 10.6.